The van der Waals surface area contributed by atoms with E-state index in [2.05, 4.69) is 98.8 Å². The van der Waals surface area contributed by atoms with E-state index in [-0.39, 0.29) is 22.1 Å². The smallest absolute Gasteiger partial charge is 0.234 e. The number of rotatable bonds is 2. The fourth-order valence-corrected chi connectivity index (χ4v) is 7.01. The quantitative estimate of drug-likeness (QED) is 0.178. The van der Waals surface area contributed by atoms with Crippen LogP contribution in [-0.4, -0.2) is 32.3 Å². The molecular weight excluding hydrogens is 596 g/mol. The molecule has 48 heavy (non-hydrogen) atoms. The van der Waals surface area contributed by atoms with Crippen LogP contribution < -0.4 is 9.47 Å². The first kappa shape index (κ1) is 29.5. The number of benzene rings is 3. The summed E-state index contributed by atoms with van der Waals surface area (Å²) in [4.78, 5) is 13.0. The van der Waals surface area contributed by atoms with Crippen molar-refractivity contribution in [3.8, 4) is 28.9 Å². The van der Waals surface area contributed by atoms with Crippen molar-refractivity contribution in [1.82, 2.24) is 19.1 Å². The van der Waals surface area contributed by atoms with Crippen molar-refractivity contribution in [3.63, 3.8) is 0 Å². The predicted molar refractivity (Wildman–Crippen MR) is 190 cm³/mol. The second-order valence-corrected chi connectivity index (χ2v) is 14.4. The average Bonchev–Trinajstić information content (AvgIpc) is 3.58. The van der Waals surface area contributed by atoms with E-state index in [1.807, 2.05) is 21.3 Å². The maximum absolute atomic E-state index is 11.0. The van der Waals surface area contributed by atoms with Crippen molar-refractivity contribution in [2.24, 2.45) is 0 Å². The van der Waals surface area contributed by atoms with Gasteiger partial charge in [0.1, 0.15) is 18.9 Å². The van der Waals surface area contributed by atoms with Gasteiger partial charge in [-0.05, 0) is 58.4 Å². The highest BCUT2D eigenvalue weighted by Crippen LogP contribution is 2.53. The summed E-state index contributed by atoms with van der Waals surface area (Å²) < 4.78 is 17.0. The van der Waals surface area contributed by atoms with Crippen LogP contribution in [0.1, 0.15) is 58.2 Å². The van der Waals surface area contributed by atoms with Crippen LogP contribution in [0, 0.1) is 17.9 Å². The summed E-state index contributed by atoms with van der Waals surface area (Å²) in [7, 11) is 0. The zero-order valence-electron chi connectivity index (χ0n) is 27.8. The number of hydrogen-bond donors (Lipinski definition) is 0. The Morgan fingerprint density at radius 1 is 0.688 bits per heavy atom. The third-order valence-corrected chi connectivity index (χ3v) is 9.45. The molecule has 8 rings (SSSR count). The Kier molecular flexibility index (Phi) is 6.35. The van der Waals surface area contributed by atoms with Crippen molar-refractivity contribution >= 4 is 49.3 Å². The normalized spacial score (nSPS) is 13.3. The molecule has 0 spiro atoms. The van der Waals surface area contributed by atoms with Gasteiger partial charge >= 0.3 is 0 Å². The molecule has 4 aromatic heterocycles. The second kappa shape index (κ2) is 10.3. The van der Waals surface area contributed by atoms with Crippen molar-refractivity contribution in [3.05, 3.63) is 101 Å². The second-order valence-electron chi connectivity index (χ2n) is 14.4. The number of nitriles is 1. The molecule has 0 bridgehead atoms. The largest absolute Gasteiger partial charge is 0.485 e. The van der Waals surface area contributed by atoms with E-state index in [0.717, 1.165) is 43.6 Å². The van der Waals surface area contributed by atoms with E-state index in [4.69, 9.17) is 16.0 Å². The molecule has 8 heteroatoms. The number of aromatic nitrogens is 4. The molecule has 0 radical (unpaired) electrons. The molecule has 0 atom stereocenters. The first-order valence-corrected chi connectivity index (χ1v) is 16.1. The summed E-state index contributed by atoms with van der Waals surface area (Å²) in [5.74, 6) is 0.849. The lowest BCUT2D eigenvalue weighted by Gasteiger charge is -2.27. The SMILES string of the molecule is [C-]#[N+]c1c(C#N)c(-n2c3ccc(C(C)(C)C)cc3c3ccncc32)c2c(c1-n1c3ccc(C(C)(C)C)cc3c3ccncc31)OCCO2. The predicted octanol–water partition coefficient (Wildman–Crippen LogP) is 9.46. The number of fused-ring (bicyclic) bond motifs is 7. The third kappa shape index (κ3) is 4.19. The number of ether oxygens (including phenoxy) is 2. The maximum Gasteiger partial charge on any atom is 0.234 e. The minimum atomic E-state index is -0.0622. The molecule has 0 saturated heterocycles. The van der Waals surface area contributed by atoms with Gasteiger partial charge in [0.25, 0.3) is 0 Å². The molecule has 0 saturated carbocycles. The molecule has 0 N–H and O–H groups in total. The van der Waals surface area contributed by atoms with Crippen LogP contribution in [0.15, 0.2) is 73.3 Å². The zero-order chi connectivity index (χ0) is 33.5. The van der Waals surface area contributed by atoms with Crippen LogP contribution in [-0.2, 0) is 10.8 Å². The van der Waals surface area contributed by atoms with Gasteiger partial charge in [0.05, 0.1) is 58.4 Å². The molecule has 7 aromatic rings. The molecule has 1 aliphatic rings. The summed E-state index contributed by atoms with van der Waals surface area (Å²) in [6.45, 7) is 22.3. The van der Waals surface area contributed by atoms with E-state index >= 15 is 0 Å². The standard InChI is InChI=1S/C40H34N6O2/c1-39(2,3)23-8-10-30-27(18-23)25-12-14-43-21-32(25)45(30)35-29(20-41)34(42-7)36(38-37(35)47-16-17-48-38)46-31-11-9-24(40(4,5)6)19-28(31)26-13-15-44-22-33(26)46/h8-15,18-19,21-22H,16-17H2,1-6H3. The van der Waals surface area contributed by atoms with Gasteiger partial charge < -0.3 is 18.6 Å². The van der Waals surface area contributed by atoms with Crippen LogP contribution >= 0.6 is 0 Å². The van der Waals surface area contributed by atoms with Gasteiger partial charge in [0.15, 0.2) is 11.5 Å². The molecule has 3 aromatic carbocycles. The lowest BCUT2D eigenvalue weighted by Crippen LogP contribution is -2.20. The van der Waals surface area contributed by atoms with Gasteiger partial charge in [0, 0.05) is 33.9 Å². The van der Waals surface area contributed by atoms with Gasteiger partial charge in [-0.1, -0.05) is 53.7 Å². The highest BCUT2D eigenvalue weighted by molar-refractivity contribution is 6.12. The number of nitrogens with zero attached hydrogens (tertiary/aromatic N) is 6. The van der Waals surface area contributed by atoms with Gasteiger partial charge in [-0.3, -0.25) is 9.97 Å². The van der Waals surface area contributed by atoms with Crippen molar-refractivity contribution in [2.45, 2.75) is 52.4 Å². The molecule has 5 heterocycles. The van der Waals surface area contributed by atoms with Crippen molar-refractivity contribution in [2.75, 3.05) is 13.2 Å². The first-order chi connectivity index (χ1) is 23.0. The average molecular weight is 631 g/mol. The van der Waals surface area contributed by atoms with Gasteiger partial charge in [0.2, 0.25) is 5.69 Å². The molecule has 0 amide bonds. The van der Waals surface area contributed by atoms with Crippen LogP contribution in [0.2, 0.25) is 0 Å². The Morgan fingerprint density at radius 3 is 1.62 bits per heavy atom. The van der Waals surface area contributed by atoms with Crippen LogP contribution in [0.25, 0.3) is 59.8 Å². The minimum absolute atomic E-state index is 0.0616. The topological polar surface area (TPSA) is 82.2 Å². The monoisotopic (exact) mass is 630 g/mol. The molecular formula is C40H34N6O2. The van der Waals surface area contributed by atoms with Crippen LogP contribution in [0.5, 0.6) is 11.5 Å². The van der Waals surface area contributed by atoms with Gasteiger partial charge in [-0.2, -0.15) is 5.26 Å². The number of hydrogen-bond acceptors (Lipinski definition) is 5. The third-order valence-electron chi connectivity index (χ3n) is 9.45. The lowest BCUT2D eigenvalue weighted by atomic mass is 9.86. The van der Waals surface area contributed by atoms with E-state index in [1.165, 1.54) is 11.1 Å². The van der Waals surface area contributed by atoms with Crippen LogP contribution in [0.3, 0.4) is 0 Å². The Balaban J connectivity index is 1.53. The summed E-state index contributed by atoms with van der Waals surface area (Å²) in [6, 6.07) is 19.3. The van der Waals surface area contributed by atoms with Crippen LogP contribution in [0.4, 0.5) is 5.69 Å². The minimum Gasteiger partial charge on any atom is -0.485 e. The summed E-state index contributed by atoms with van der Waals surface area (Å²) >= 11 is 0. The molecule has 8 nitrogen and oxygen atoms in total. The van der Waals surface area contributed by atoms with E-state index in [1.54, 1.807) is 24.8 Å². The Hall–Kier alpha value is -5.86. The van der Waals surface area contributed by atoms with E-state index in [0.29, 0.717) is 36.1 Å². The molecule has 0 aliphatic carbocycles. The van der Waals surface area contributed by atoms with Crippen molar-refractivity contribution < 1.29 is 9.47 Å². The number of pyridine rings is 2. The van der Waals surface area contributed by atoms with E-state index in [9.17, 15) is 5.26 Å². The summed E-state index contributed by atoms with van der Waals surface area (Å²) in [6.07, 6.45) is 7.18. The van der Waals surface area contributed by atoms with Gasteiger partial charge in [-0.25, -0.2) is 4.85 Å². The Bertz CT molecular complexity index is 2380. The Labute approximate surface area is 278 Å². The highest BCUT2D eigenvalue weighted by atomic mass is 16.6. The molecule has 0 unspecified atom stereocenters. The fraction of sp³-hybridized carbons (Fsp3) is 0.250. The first-order valence-electron chi connectivity index (χ1n) is 16.1. The Morgan fingerprint density at radius 2 is 1.17 bits per heavy atom. The highest BCUT2D eigenvalue weighted by Gasteiger charge is 2.34. The summed E-state index contributed by atoms with van der Waals surface area (Å²) in [5.41, 5.74) is 7.01. The van der Waals surface area contributed by atoms with Crippen molar-refractivity contribution in [1.29, 1.82) is 5.26 Å². The lowest BCUT2D eigenvalue weighted by molar-refractivity contribution is 0.171. The molecule has 1 aliphatic heterocycles. The van der Waals surface area contributed by atoms with E-state index < -0.39 is 0 Å². The maximum atomic E-state index is 11.0. The molecule has 236 valence electrons. The molecule has 0 fully saturated rings. The zero-order valence-corrected chi connectivity index (χ0v) is 27.8. The fourth-order valence-electron chi connectivity index (χ4n) is 7.01. The summed E-state index contributed by atoms with van der Waals surface area (Å²) in [5, 5.41) is 15.0. The van der Waals surface area contributed by atoms with Gasteiger partial charge in [-0.15, -0.1) is 0 Å².